The highest BCUT2D eigenvalue weighted by Crippen LogP contribution is 2.33. The van der Waals surface area contributed by atoms with Gasteiger partial charge in [0.2, 0.25) is 12.7 Å². The van der Waals surface area contributed by atoms with E-state index < -0.39 is 5.92 Å². The number of amides is 1. The second-order valence-electron chi connectivity index (χ2n) is 5.81. The van der Waals surface area contributed by atoms with Crippen LogP contribution in [0.2, 0.25) is 0 Å². The molecule has 1 atom stereocenters. The van der Waals surface area contributed by atoms with Crippen LogP contribution in [0.5, 0.6) is 11.5 Å². The van der Waals surface area contributed by atoms with Gasteiger partial charge < -0.3 is 14.4 Å². The summed E-state index contributed by atoms with van der Waals surface area (Å²) >= 11 is 0. The average molecular weight is 300 g/mol. The number of hydrogen-bond acceptors (Lipinski definition) is 4. The van der Waals surface area contributed by atoms with E-state index in [1.54, 1.807) is 0 Å². The summed E-state index contributed by atoms with van der Waals surface area (Å²) in [5.74, 6) is 0.744. The SMILES string of the molecule is N#CC(Cc1ccc2c(c1)OCO2)C(=O)N1CCCCCC1. The average Bonchev–Trinajstić information content (AvgIpc) is 2.83. The van der Waals surface area contributed by atoms with Crippen LogP contribution in [0.15, 0.2) is 18.2 Å². The van der Waals surface area contributed by atoms with Crippen molar-refractivity contribution in [2.24, 2.45) is 5.92 Å². The molecule has 0 aromatic heterocycles. The van der Waals surface area contributed by atoms with Gasteiger partial charge in [0.15, 0.2) is 11.5 Å². The fourth-order valence-electron chi connectivity index (χ4n) is 3.00. The molecule has 22 heavy (non-hydrogen) atoms. The highest BCUT2D eigenvalue weighted by molar-refractivity contribution is 5.81. The first-order chi connectivity index (χ1) is 10.8. The van der Waals surface area contributed by atoms with Crippen molar-refractivity contribution in [1.82, 2.24) is 4.90 Å². The Morgan fingerprint density at radius 3 is 2.64 bits per heavy atom. The summed E-state index contributed by atoms with van der Waals surface area (Å²) in [7, 11) is 0. The molecule has 5 nitrogen and oxygen atoms in total. The zero-order valence-electron chi connectivity index (χ0n) is 12.6. The molecule has 1 aromatic rings. The molecule has 116 valence electrons. The fraction of sp³-hybridized carbons (Fsp3) is 0.529. The van der Waals surface area contributed by atoms with E-state index in [4.69, 9.17) is 9.47 Å². The topological polar surface area (TPSA) is 62.6 Å². The minimum Gasteiger partial charge on any atom is -0.454 e. The number of nitrogens with zero attached hydrogens (tertiary/aromatic N) is 2. The molecule has 1 amide bonds. The van der Waals surface area contributed by atoms with Crippen LogP contribution < -0.4 is 9.47 Å². The van der Waals surface area contributed by atoms with Gasteiger partial charge in [-0.1, -0.05) is 18.9 Å². The smallest absolute Gasteiger partial charge is 0.240 e. The first kappa shape index (κ1) is 14.7. The predicted octanol–water partition coefficient (Wildman–Crippen LogP) is 2.50. The number of carbonyl (C=O) groups excluding carboxylic acids is 1. The van der Waals surface area contributed by atoms with E-state index in [-0.39, 0.29) is 12.7 Å². The summed E-state index contributed by atoms with van der Waals surface area (Å²) in [5, 5.41) is 9.40. The largest absolute Gasteiger partial charge is 0.454 e. The fourth-order valence-corrected chi connectivity index (χ4v) is 3.00. The second kappa shape index (κ2) is 6.69. The lowest BCUT2D eigenvalue weighted by atomic mass is 9.98. The number of nitriles is 1. The van der Waals surface area contributed by atoms with Crippen LogP contribution in [0.4, 0.5) is 0 Å². The van der Waals surface area contributed by atoms with E-state index in [2.05, 4.69) is 6.07 Å². The Balaban J connectivity index is 1.68. The molecule has 5 heteroatoms. The maximum atomic E-state index is 12.6. The van der Waals surface area contributed by atoms with Crippen LogP contribution in [-0.2, 0) is 11.2 Å². The van der Waals surface area contributed by atoms with Gasteiger partial charge in [0.1, 0.15) is 5.92 Å². The predicted molar refractivity (Wildman–Crippen MR) is 80.4 cm³/mol. The van der Waals surface area contributed by atoms with E-state index in [0.717, 1.165) is 37.2 Å². The maximum Gasteiger partial charge on any atom is 0.240 e. The van der Waals surface area contributed by atoms with Crippen LogP contribution in [0, 0.1) is 17.2 Å². The number of benzene rings is 1. The zero-order chi connectivity index (χ0) is 15.4. The molecule has 0 N–H and O–H groups in total. The van der Waals surface area contributed by atoms with Gasteiger partial charge in [-0.3, -0.25) is 4.79 Å². The molecule has 0 spiro atoms. The van der Waals surface area contributed by atoms with Gasteiger partial charge in [-0.25, -0.2) is 0 Å². The van der Waals surface area contributed by atoms with Crippen LogP contribution in [0.3, 0.4) is 0 Å². The molecule has 2 aliphatic heterocycles. The third kappa shape index (κ3) is 3.16. The summed E-state index contributed by atoms with van der Waals surface area (Å²) < 4.78 is 10.6. The molecular formula is C17H20N2O3. The lowest BCUT2D eigenvalue weighted by Crippen LogP contribution is -2.37. The molecule has 0 aliphatic carbocycles. The van der Waals surface area contributed by atoms with E-state index in [0.29, 0.717) is 12.2 Å². The van der Waals surface area contributed by atoms with Gasteiger partial charge in [-0.05, 0) is 37.0 Å². The standard InChI is InChI=1S/C17H20N2O3/c18-11-14(17(20)19-7-3-1-2-4-8-19)9-13-5-6-15-16(10-13)22-12-21-15/h5-6,10,14H,1-4,7-9,12H2. The minimum absolute atomic E-state index is 0.0398. The Kier molecular flexibility index (Phi) is 4.47. The van der Waals surface area contributed by atoms with Crippen molar-refractivity contribution < 1.29 is 14.3 Å². The highest BCUT2D eigenvalue weighted by atomic mass is 16.7. The molecule has 1 aromatic carbocycles. The summed E-state index contributed by atoms with van der Waals surface area (Å²) in [6.07, 6.45) is 4.83. The molecule has 1 unspecified atom stereocenters. The number of carbonyl (C=O) groups is 1. The number of ether oxygens (including phenoxy) is 2. The third-order valence-corrected chi connectivity index (χ3v) is 4.25. The van der Waals surface area contributed by atoms with Crippen molar-refractivity contribution in [3.05, 3.63) is 23.8 Å². The lowest BCUT2D eigenvalue weighted by Gasteiger charge is -2.23. The van der Waals surface area contributed by atoms with Crippen LogP contribution in [-0.4, -0.2) is 30.7 Å². The minimum atomic E-state index is -0.626. The first-order valence-electron chi connectivity index (χ1n) is 7.85. The highest BCUT2D eigenvalue weighted by Gasteiger charge is 2.25. The van der Waals surface area contributed by atoms with Crippen molar-refractivity contribution in [3.8, 4) is 17.6 Å². The Hall–Kier alpha value is -2.22. The van der Waals surface area contributed by atoms with Gasteiger partial charge in [0, 0.05) is 13.1 Å². The van der Waals surface area contributed by atoms with Crippen molar-refractivity contribution in [2.45, 2.75) is 32.1 Å². The quantitative estimate of drug-likeness (QED) is 0.860. The third-order valence-electron chi connectivity index (χ3n) is 4.25. The van der Waals surface area contributed by atoms with E-state index in [9.17, 15) is 10.1 Å². The van der Waals surface area contributed by atoms with Crippen molar-refractivity contribution in [3.63, 3.8) is 0 Å². The van der Waals surface area contributed by atoms with Gasteiger partial charge in [0.05, 0.1) is 6.07 Å². The number of likely N-dealkylation sites (tertiary alicyclic amines) is 1. The lowest BCUT2D eigenvalue weighted by molar-refractivity contribution is -0.133. The van der Waals surface area contributed by atoms with E-state index in [1.165, 1.54) is 12.8 Å². The molecule has 0 radical (unpaired) electrons. The Morgan fingerprint density at radius 1 is 1.18 bits per heavy atom. The Morgan fingerprint density at radius 2 is 1.91 bits per heavy atom. The summed E-state index contributed by atoms with van der Waals surface area (Å²) in [5.41, 5.74) is 0.930. The van der Waals surface area contributed by atoms with Crippen molar-refractivity contribution >= 4 is 5.91 Å². The van der Waals surface area contributed by atoms with Gasteiger partial charge in [-0.15, -0.1) is 0 Å². The molecule has 1 fully saturated rings. The monoisotopic (exact) mass is 300 g/mol. The maximum absolute atomic E-state index is 12.6. The Bertz CT molecular complexity index is 586. The van der Waals surface area contributed by atoms with E-state index in [1.807, 2.05) is 23.1 Å². The van der Waals surface area contributed by atoms with Crippen LogP contribution in [0.1, 0.15) is 31.2 Å². The Labute approximate surface area is 130 Å². The number of fused-ring (bicyclic) bond motifs is 1. The second-order valence-corrected chi connectivity index (χ2v) is 5.81. The molecule has 1 saturated heterocycles. The molecular weight excluding hydrogens is 280 g/mol. The zero-order valence-corrected chi connectivity index (χ0v) is 12.6. The van der Waals surface area contributed by atoms with Gasteiger partial charge in [0.25, 0.3) is 0 Å². The first-order valence-corrected chi connectivity index (χ1v) is 7.85. The number of hydrogen-bond donors (Lipinski definition) is 0. The van der Waals surface area contributed by atoms with Crippen molar-refractivity contribution in [2.75, 3.05) is 19.9 Å². The van der Waals surface area contributed by atoms with Gasteiger partial charge >= 0.3 is 0 Å². The van der Waals surface area contributed by atoms with E-state index >= 15 is 0 Å². The normalized spacial score (nSPS) is 18.4. The molecule has 0 saturated carbocycles. The molecule has 0 bridgehead atoms. The molecule has 2 aliphatic rings. The summed E-state index contributed by atoms with van der Waals surface area (Å²) in [6, 6.07) is 7.77. The van der Waals surface area contributed by atoms with Crippen molar-refractivity contribution in [1.29, 1.82) is 5.26 Å². The summed E-state index contributed by atoms with van der Waals surface area (Å²) in [6.45, 7) is 1.78. The van der Waals surface area contributed by atoms with Crippen LogP contribution in [0.25, 0.3) is 0 Å². The van der Waals surface area contributed by atoms with Crippen LogP contribution >= 0.6 is 0 Å². The number of rotatable bonds is 3. The molecule has 3 rings (SSSR count). The molecule has 2 heterocycles. The van der Waals surface area contributed by atoms with Gasteiger partial charge in [-0.2, -0.15) is 5.26 Å². The summed E-state index contributed by atoms with van der Waals surface area (Å²) in [4.78, 5) is 14.4.